The molecule has 0 amide bonds. The summed E-state index contributed by atoms with van der Waals surface area (Å²) in [5.41, 5.74) is 7.78. The number of benzene rings is 1. The summed E-state index contributed by atoms with van der Waals surface area (Å²) in [5.74, 6) is 0. The zero-order valence-electron chi connectivity index (χ0n) is 10.5. The number of anilines is 1. The van der Waals surface area contributed by atoms with Crippen molar-refractivity contribution in [3.63, 3.8) is 0 Å². The topological polar surface area (TPSA) is 48.1 Å². The van der Waals surface area contributed by atoms with Crippen LogP contribution in [-0.2, 0) is 0 Å². The molecular weight excluding hydrogens is 264 g/mol. The molecule has 0 aliphatic heterocycles. The van der Waals surface area contributed by atoms with Crippen LogP contribution >= 0.6 is 24.4 Å². The molecule has 0 aliphatic rings. The van der Waals surface area contributed by atoms with Crippen LogP contribution in [0.3, 0.4) is 0 Å². The van der Waals surface area contributed by atoms with E-state index in [0.717, 1.165) is 18.7 Å². The predicted molar refractivity (Wildman–Crippen MR) is 84.6 cm³/mol. The molecule has 6 heteroatoms. The minimum atomic E-state index is 0.472. The maximum Gasteiger partial charge on any atom is 0.189 e. The first-order chi connectivity index (χ1) is 8.61. The molecule has 0 atom stereocenters. The van der Waals surface area contributed by atoms with Crippen molar-refractivity contribution in [2.24, 2.45) is 0 Å². The molecule has 1 rings (SSSR count). The number of hydrogen-bond acceptors (Lipinski definition) is 2. The van der Waals surface area contributed by atoms with Crippen LogP contribution < -0.4 is 21.5 Å². The van der Waals surface area contributed by atoms with E-state index in [1.807, 2.05) is 31.2 Å². The number of aryl methyl sites for hydroxylation is 1. The number of hydrogen-bond donors (Lipinski definition) is 4. The second-order valence-electron chi connectivity index (χ2n) is 3.83. The summed E-state index contributed by atoms with van der Waals surface area (Å²) < 4.78 is 0. The molecule has 0 saturated carbocycles. The van der Waals surface area contributed by atoms with E-state index in [9.17, 15) is 0 Å². The Hall–Kier alpha value is -1.40. The number of hydrazine groups is 1. The van der Waals surface area contributed by atoms with Crippen molar-refractivity contribution >= 4 is 40.3 Å². The highest BCUT2D eigenvalue weighted by molar-refractivity contribution is 7.80. The van der Waals surface area contributed by atoms with Gasteiger partial charge in [-0.15, -0.1) is 0 Å². The summed E-state index contributed by atoms with van der Waals surface area (Å²) in [7, 11) is 0. The SMILES string of the molecule is CCCNC(=S)NNC(=S)Nc1ccc(C)cc1. The van der Waals surface area contributed by atoms with Crippen LogP contribution in [0.2, 0.25) is 0 Å². The lowest BCUT2D eigenvalue weighted by Crippen LogP contribution is -2.48. The molecular formula is C12H18N4S2. The van der Waals surface area contributed by atoms with Gasteiger partial charge in [-0.2, -0.15) is 0 Å². The van der Waals surface area contributed by atoms with Gasteiger partial charge in [0.15, 0.2) is 10.2 Å². The molecule has 1 aromatic carbocycles. The van der Waals surface area contributed by atoms with Crippen molar-refractivity contribution in [3.05, 3.63) is 29.8 Å². The third-order valence-corrected chi connectivity index (χ3v) is 2.59. The van der Waals surface area contributed by atoms with Crippen LogP contribution in [-0.4, -0.2) is 16.8 Å². The van der Waals surface area contributed by atoms with Gasteiger partial charge < -0.3 is 10.6 Å². The summed E-state index contributed by atoms with van der Waals surface area (Å²) in [6.07, 6.45) is 1.02. The Morgan fingerprint density at radius 2 is 1.67 bits per heavy atom. The highest BCUT2D eigenvalue weighted by atomic mass is 32.1. The Morgan fingerprint density at radius 1 is 1.06 bits per heavy atom. The van der Waals surface area contributed by atoms with Crippen molar-refractivity contribution in [2.75, 3.05) is 11.9 Å². The van der Waals surface area contributed by atoms with Gasteiger partial charge in [-0.3, -0.25) is 10.9 Å². The van der Waals surface area contributed by atoms with Crippen LogP contribution in [0.25, 0.3) is 0 Å². The van der Waals surface area contributed by atoms with Crippen molar-refractivity contribution in [2.45, 2.75) is 20.3 Å². The lowest BCUT2D eigenvalue weighted by Gasteiger charge is -2.13. The van der Waals surface area contributed by atoms with E-state index in [1.54, 1.807) is 0 Å². The molecule has 0 spiro atoms. The van der Waals surface area contributed by atoms with Gasteiger partial charge in [0.05, 0.1) is 0 Å². The molecule has 0 fully saturated rings. The average Bonchev–Trinajstić information content (AvgIpc) is 2.36. The normalized spacial score (nSPS) is 9.44. The summed E-state index contributed by atoms with van der Waals surface area (Å²) in [5, 5.41) is 7.08. The van der Waals surface area contributed by atoms with Crippen LogP contribution in [0.15, 0.2) is 24.3 Å². The van der Waals surface area contributed by atoms with Crippen LogP contribution in [0, 0.1) is 6.92 Å². The highest BCUT2D eigenvalue weighted by Gasteiger charge is 1.98. The van der Waals surface area contributed by atoms with E-state index in [0.29, 0.717) is 10.2 Å². The van der Waals surface area contributed by atoms with E-state index in [-0.39, 0.29) is 0 Å². The maximum atomic E-state index is 5.13. The van der Waals surface area contributed by atoms with E-state index in [2.05, 4.69) is 28.4 Å². The maximum absolute atomic E-state index is 5.13. The van der Waals surface area contributed by atoms with Gasteiger partial charge >= 0.3 is 0 Å². The van der Waals surface area contributed by atoms with Crippen LogP contribution in [0.5, 0.6) is 0 Å². The minimum absolute atomic E-state index is 0.472. The van der Waals surface area contributed by atoms with Gasteiger partial charge in [0.25, 0.3) is 0 Å². The Balaban J connectivity index is 2.29. The third-order valence-electron chi connectivity index (χ3n) is 2.13. The molecule has 0 heterocycles. The summed E-state index contributed by atoms with van der Waals surface area (Å²) in [6.45, 7) is 4.96. The molecule has 0 bridgehead atoms. The first kappa shape index (κ1) is 14.7. The Labute approximate surface area is 119 Å². The zero-order chi connectivity index (χ0) is 13.4. The lowest BCUT2D eigenvalue weighted by atomic mass is 10.2. The zero-order valence-corrected chi connectivity index (χ0v) is 12.2. The Bertz CT molecular complexity index is 403. The monoisotopic (exact) mass is 282 g/mol. The summed E-state index contributed by atoms with van der Waals surface area (Å²) >= 11 is 10.2. The number of nitrogens with one attached hydrogen (secondary N) is 4. The Kier molecular flexibility index (Phi) is 6.38. The van der Waals surface area contributed by atoms with Gasteiger partial charge in [0.2, 0.25) is 0 Å². The fraction of sp³-hybridized carbons (Fsp3) is 0.333. The lowest BCUT2D eigenvalue weighted by molar-refractivity contribution is 0.784. The molecule has 98 valence electrons. The van der Waals surface area contributed by atoms with Gasteiger partial charge in [0.1, 0.15) is 0 Å². The third kappa shape index (κ3) is 5.79. The molecule has 4 nitrogen and oxygen atoms in total. The summed E-state index contributed by atoms with van der Waals surface area (Å²) in [4.78, 5) is 0. The molecule has 0 aliphatic carbocycles. The molecule has 1 aromatic rings. The van der Waals surface area contributed by atoms with Gasteiger partial charge in [0, 0.05) is 12.2 Å². The second kappa shape index (κ2) is 7.84. The standard InChI is InChI=1S/C12H18N4S2/c1-3-8-13-11(17)15-16-12(18)14-10-6-4-9(2)5-7-10/h4-7H,3,8H2,1-2H3,(H2,13,15,17)(H2,14,16,18). The van der Waals surface area contributed by atoms with Gasteiger partial charge in [-0.1, -0.05) is 24.6 Å². The predicted octanol–water partition coefficient (Wildman–Crippen LogP) is 2.07. The molecule has 4 N–H and O–H groups in total. The molecule has 0 radical (unpaired) electrons. The molecule has 0 saturated heterocycles. The fourth-order valence-corrected chi connectivity index (χ4v) is 1.52. The first-order valence-corrected chi connectivity index (χ1v) is 6.61. The van der Waals surface area contributed by atoms with E-state index >= 15 is 0 Å². The smallest absolute Gasteiger partial charge is 0.189 e. The summed E-state index contributed by atoms with van der Waals surface area (Å²) in [6, 6.07) is 7.98. The largest absolute Gasteiger partial charge is 0.361 e. The molecule has 0 aromatic heterocycles. The van der Waals surface area contributed by atoms with Crippen molar-refractivity contribution < 1.29 is 0 Å². The van der Waals surface area contributed by atoms with Crippen LogP contribution in [0.4, 0.5) is 5.69 Å². The Morgan fingerprint density at radius 3 is 2.28 bits per heavy atom. The van der Waals surface area contributed by atoms with Gasteiger partial charge in [-0.25, -0.2) is 0 Å². The van der Waals surface area contributed by atoms with Crippen molar-refractivity contribution in [1.29, 1.82) is 0 Å². The number of thiocarbonyl (C=S) groups is 2. The molecule has 18 heavy (non-hydrogen) atoms. The highest BCUT2D eigenvalue weighted by Crippen LogP contribution is 2.07. The van der Waals surface area contributed by atoms with E-state index in [1.165, 1.54) is 5.56 Å². The number of rotatable bonds is 3. The van der Waals surface area contributed by atoms with Crippen molar-refractivity contribution in [1.82, 2.24) is 16.2 Å². The van der Waals surface area contributed by atoms with E-state index in [4.69, 9.17) is 24.4 Å². The van der Waals surface area contributed by atoms with Crippen molar-refractivity contribution in [3.8, 4) is 0 Å². The van der Waals surface area contributed by atoms with Gasteiger partial charge in [-0.05, 0) is 49.9 Å². The second-order valence-corrected chi connectivity index (χ2v) is 4.64. The molecule has 0 unspecified atom stereocenters. The quantitative estimate of drug-likeness (QED) is 0.503. The minimum Gasteiger partial charge on any atom is -0.361 e. The van der Waals surface area contributed by atoms with Crippen LogP contribution in [0.1, 0.15) is 18.9 Å². The fourth-order valence-electron chi connectivity index (χ4n) is 1.20. The first-order valence-electron chi connectivity index (χ1n) is 5.79. The average molecular weight is 282 g/mol. The van der Waals surface area contributed by atoms with E-state index < -0.39 is 0 Å².